The topological polar surface area (TPSA) is 49.4 Å². The van der Waals surface area contributed by atoms with E-state index in [2.05, 4.69) is 11.4 Å². The number of hydrogen-bond donors (Lipinski definition) is 1. The molecule has 0 aromatic heterocycles. The largest absolute Gasteiger partial charge is 0.352 e. The number of anilines is 1. The van der Waals surface area contributed by atoms with Crippen LogP contribution in [0.1, 0.15) is 44.2 Å². The van der Waals surface area contributed by atoms with Crippen LogP contribution in [-0.2, 0) is 22.6 Å². The third-order valence-electron chi connectivity index (χ3n) is 4.31. The van der Waals surface area contributed by atoms with E-state index in [1.807, 2.05) is 33.0 Å². The average molecular weight is 288 g/mol. The van der Waals surface area contributed by atoms with E-state index < -0.39 is 0 Å². The minimum atomic E-state index is 0.103. The minimum absolute atomic E-state index is 0.103. The van der Waals surface area contributed by atoms with Gasteiger partial charge in [-0.1, -0.05) is 26.0 Å². The van der Waals surface area contributed by atoms with Gasteiger partial charge in [-0.2, -0.15) is 0 Å². The van der Waals surface area contributed by atoms with E-state index in [0.717, 1.165) is 30.5 Å². The second kappa shape index (κ2) is 6.74. The summed E-state index contributed by atoms with van der Waals surface area (Å²) in [4.78, 5) is 25.4. The van der Waals surface area contributed by atoms with E-state index in [4.69, 9.17) is 0 Å². The van der Waals surface area contributed by atoms with Gasteiger partial charge in [0.2, 0.25) is 11.8 Å². The molecular formula is C17H24N2O2. The molecule has 0 atom stereocenters. The van der Waals surface area contributed by atoms with Gasteiger partial charge in [0.05, 0.1) is 0 Å². The summed E-state index contributed by atoms with van der Waals surface area (Å²) in [5, 5.41) is 3.01. The number of carbonyl (C=O) groups is 2. The molecule has 0 spiro atoms. The predicted molar refractivity (Wildman–Crippen MR) is 84.1 cm³/mol. The van der Waals surface area contributed by atoms with Crippen LogP contribution >= 0.6 is 0 Å². The summed E-state index contributed by atoms with van der Waals surface area (Å²) >= 11 is 0. The number of amides is 2. The molecule has 0 bridgehead atoms. The summed E-state index contributed by atoms with van der Waals surface area (Å²) < 4.78 is 0. The van der Waals surface area contributed by atoms with Crippen molar-refractivity contribution in [1.82, 2.24) is 5.32 Å². The number of rotatable bonds is 5. The normalized spacial score (nSPS) is 14.3. The molecule has 0 aliphatic carbocycles. The maximum Gasteiger partial charge on any atom is 0.227 e. The van der Waals surface area contributed by atoms with Crippen LogP contribution in [0.25, 0.3) is 0 Å². The molecular weight excluding hydrogens is 264 g/mol. The quantitative estimate of drug-likeness (QED) is 0.905. The summed E-state index contributed by atoms with van der Waals surface area (Å²) in [6, 6.07) is 6.07. The van der Waals surface area contributed by atoms with E-state index in [1.165, 1.54) is 5.56 Å². The number of aryl methyl sites for hydroxylation is 1. The molecule has 1 aliphatic heterocycles. The molecule has 1 N–H and O–H groups in total. The highest BCUT2D eigenvalue weighted by molar-refractivity contribution is 5.95. The highest BCUT2D eigenvalue weighted by Crippen LogP contribution is 2.27. The molecule has 0 radical (unpaired) electrons. The summed E-state index contributed by atoms with van der Waals surface area (Å²) in [5.41, 5.74) is 3.27. The van der Waals surface area contributed by atoms with Crippen LogP contribution in [0.4, 0.5) is 5.69 Å². The zero-order valence-corrected chi connectivity index (χ0v) is 13.1. The summed E-state index contributed by atoms with van der Waals surface area (Å²) in [7, 11) is 1.81. The molecule has 1 heterocycles. The first-order valence-corrected chi connectivity index (χ1v) is 7.72. The first-order chi connectivity index (χ1) is 10.1. The maximum absolute atomic E-state index is 12.0. The zero-order valence-electron chi connectivity index (χ0n) is 13.1. The Morgan fingerprint density at radius 1 is 1.29 bits per heavy atom. The van der Waals surface area contributed by atoms with Crippen LogP contribution in [0.5, 0.6) is 0 Å². The molecule has 4 nitrogen and oxygen atoms in total. The van der Waals surface area contributed by atoms with Gasteiger partial charge in [-0.05, 0) is 36.5 Å². The Morgan fingerprint density at radius 2 is 2.00 bits per heavy atom. The van der Waals surface area contributed by atoms with Gasteiger partial charge in [-0.25, -0.2) is 0 Å². The molecule has 2 amide bonds. The van der Waals surface area contributed by atoms with Gasteiger partial charge in [0.1, 0.15) is 0 Å². The van der Waals surface area contributed by atoms with Gasteiger partial charge in [-0.15, -0.1) is 0 Å². The van der Waals surface area contributed by atoms with E-state index in [1.54, 1.807) is 4.90 Å². The fourth-order valence-corrected chi connectivity index (χ4v) is 2.81. The van der Waals surface area contributed by atoms with Crippen molar-refractivity contribution in [3.05, 3.63) is 29.3 Å². The highest BCUT2D eigenvalue weighted by Gasteiger charge is 2.21. The fraction of sp³-hybridized carbons (Fsp3) is 0.529. The van der Waals surface area contributed by atoms with Crippen molar-refractivity contribution in [1.29, 1.82) is 0 Å². The van der Waals surface area contributed by atoms with E-state index >= 15 is 0 Å². The van der Waals surface area contributed by atoms with Gasteiger partial charge in [-0.3, -0.25) is 9.59 Å². The van der Waals surface area contributed by atoms with Crippen molar-refractivity contribution in [2.75, 3.05) is 11.9 Å². The van der Waals surface area contributed by atoms with Crippen LogP contribution in [0.3, 0.4) is 0 Å². The van der Waals surface area contributed by atoms with Crippen molar-refractivity contribution < 1.29 is 9.59 Å². The van der Waals surface area contributed by atoms with Crippen LogP contribution in [0.2, 0.25) is 0 Å². The molecule has 0 saturated heterocycles. The van der Waals surface area contributed by atoms with Crippen molar-refractivity contribution >= 4 is 17.5 Å². The first-order valence-electron chi connectivity index (χ1n) is 7.72. The molecule has 0 saturated carbocycles. The Hall–Kier alpha value is -1.84. The van der Waals surface area contributed by atoms with Crippen LogP contribution < -0.4 is 10.2 Å². The molecule has 4 heteroatoms. The molecule has 114 valence electrons. The number of nitrogens with zero attached hydrogens (tertiary/aromatic N) is 1. The van der Waals surface area contributed by atoms with E-state index in [0.29, 0.717) is 13.0 Å². The molecule has 2 rings (SSSR count). The molecule has 0 unspecified atom stereocenters. The molecule has 0 fully saturated rings. The number of fused-ring (bicyclic) bond motifs is 1. The highest BCUT2D eigenvalue weighted by atomic mass is 16.2. The Kier molecular flexibility index (Phi) is 4.99. The van der Waals surface area contributed by atoms with Crippen molar-refractivity contribution in [3.63, 3.8) is 0 Å². The molecule has 21 heavy (non-hydrogen) atoms. The van der Waals surface area contributed by atoms with Crippen molar-refractivity contribution in [2.24, 2.45) is 5.92 Å². The van der Waals surface area contributed by atoms with Gasteiger partial charge in [0.15, 0.2) is 0 Å². The second-order valence-corrected chi connectivity index (χ2v) is 5.65. The molecule has 1 aromatic carbocycles. The smallest absolute Gasteiger partial charge is 0.227 e. The van der Waals surface area contributed by atoms with E-state index in [9.17, 15) is 9.59 Å². The third kappa shape index (κ3) is 3.43. The lowest BCUT2D eigenvalue weighted by Crippen LogP contribution is -2.32. The van der Waals surface area contributed by atoms with Crippen molar-refractivity contribution in [2.45, 2.75) is 46.1 Å². The second-order valence-electron chi connectivity index (χ2n) is 5.65. The molecule has 1 aliphatic rings. The van der Waals surface area contributed by atoms with Gasteiger partial charge >= 0.3 is 0 Å². The average Bonchev–Trinajstić information content (AvgIpc) is 2.50. The molecule has 1 aromatic rings. The Labute approximate surface area is 126 Å². The summed E-state index contributed by atoms with van der Waals surface area (Å²) in [6.07, 6.45) is 3.10. The van der Waals surface area contributed by atoms with Crippen LogP contribution in [0.15, 0.2) is 18.2 Å². The van der Waals surface area contributed by atoms with Crippen LogP contribution in [0, 0.1) is 5.92 Å². The summed E-state index contributed by atoms with van der Waals surface area (Å²) in [6.45, 7) is 4.64. The lowest BCUT2D eigenvalue weighted by molar-refractivity contribution is -0.125. The Bertz CT molecular complexity index is 536. The van der Waals surface area contributed by atoms with Gasteiger partial charge in [0, 0.05) is 31.6 Å². The van der Waals surface area contributed by atoms with Crippen molar-refractivity contribution in [3.8, 4) is 0 Å². The standard InChI is InChI=1S/C17H24N2O2/c1-4-13(5-2)17(21)18-11-12-6-8-15-14(10-12)7-9-16(20)19(15)3/h6,8,10,13H,4-5,7,9,11H2,1-3H3,(H,18,21). The SMILES string of the molecule is CCC(CC)C(=O)NCc1ccc2c(c1)CCC(=O)N2C. The Balaban J connectivity index is 2.03. The van der Waals surface area contributed by atoms with Crippen LogP contribution in [-0.4, -0.2) is 18.9 Å². The Morgan fingerprint density at radius 3 is 2.67 bits per heavy atom. The van der Waals surface area contributed by atoms with Gasteiger partial charge in [0.25, 0.3) is 0 Å². The monoisotopic (exact) mass is 288 g/mol. The third-order valence-corrected chi connectivity index (χ3v) is 4.31. The first kappa shape index (κ1) is 15.5. The fourth-order valence-electron chi connectivity index (χ4n) is 2.81. The van der Waals surface area contributed by atoms with Gasteiger partial charge < -0.3 is 10.2 Å². The lowest BCUT2D eigenvalue weighted by atomic mass is 9.98. The number of hydrogen-bond acceptors (Lipinski definition) is 2. The number of nitrogens with one attached hydrogen (secondary N) is 1. The number of benzene rings is 1. The maximum atomic E-state index is 12.0. The number of carbonyl (C=O) groups excluding carboxylic acids is 2. The van der Waals surface area contributed by atoms with E-state index in [-0.39, 0.29) is 17.7 Å². The predicted octanol–water partition coefficient (Wildman–Crippen LogP) is 2.65. The zero-order chi connectivity index (χ0) is 15.4. The lowest BCUT2D eigenvalue weighted by Gasteiger charge is -2.26. The summed E-state index contributed by atoms with van der Waals surface area (Å²) in [5.74, 6) is 0.397. The minimum Gasteiger partial charge on any atom is -0.352 e.